The molecule has 1 saturated heterocycles. The summed E-state index contributed by atoms with van der Waals surface area (Å²) in [4.78, 5) is 0. The summed E-state index contributed by atoms with van der Waals surface area (Å²) in [5.74, 6) is 0. The number of piperidine rings is 1. The third kappa shape index (κ3) is 2.81. The van der Waals surface area contributed by atoms with Gasteiger partial charge in [0.05, 0.1) is 5.69 Å². The van der Waals surface area contributed by atoms with E-state index in [4.69, 9.17) is 5.73 Å². The highest BCUT2D eigenvalue weighted by atomic mass is 79.9. The van der Waals surface area contributed by atoms with Gasteiger partial charge in [-0.2, -0.15) is 0 Å². The van der Waals surface area contributed by atoms with Crippen LogP contribution in [0.2, 0.25) is 0 Å². The van der Waals surface area contributed by atoms with Crippen LogP contribution in [0, 0.1) is 6.92 Å². The Bertz CT molecular complexity index is 423. The van der Waals surface area contributed by atoms with Gasteiger partial charge >= 0.3 is 0 Å². The fourth-order valence-corrected chi connectivity index (χ4v) is 3.01. The second-order valence-electron chi connectivity index (χ2n) is 5.34. The van der Waals surface area contributed by atoms with Crippen molar-refractivity contribution in [3.63, 3.8) is 0 Å². The van der Waals surface area contributed by atoms with Gasteiger partial charge in [0, 0.05) is 22.2 Å². The first kappa shape index (κ1) is 13.7. The summed E-state index contributed by atoms with van der Waals surface area (Å²) in [6.45, 7) is 6.59. The lowest BCUT2D eigenvalue weighted by Crippen LogP contribution is -2.47. The Morgan fingerprint density at radius 1 is 1.28 bits per heavy atom. The molecule has 0 amide bonds. The first-order chi connectivity index (χ1) is 8.49. The van der Waals surface area contributed by atoms with Crippen molar-refractivity contribution in [2.45, 2.75) is 52.1 Å². The molecule has 0 bridgehead atoms. The molecular formula is C14H22BrN3. The third-order valence-electron chi connectivity index (χ3n) is 3.80. The Kier molecular flexibility index (Phi) is 4.17. The number of halogens is 1. The highest BCUT2D eigenvalue weighted by molar-refractivity contribution is 9.10. The molecule has 1 fully saturated rings. The molecular weight excluding hydrogens is 290 g/mol. The van der Waals surface area contributed by atoms with Crippen LogP contribution in [0.3, 0.4) is 0 Å². The number of nitrogens with zero attached hydrogens (tertiary/aromatic N) is 1. The maximum atomic E-state index is 5.91. The number of nitrogens with one attached hydrogen (secondary N) is 1. The van der Waals surface area contributed by atoms with Crippen LogP contribution in [0.5, 0.6) is 0 Å². The summed E-state index contributed by atoms with van der Waals surface area (Å²) in [6.07, 6.45) is 3.83. The Hall–Kier alpha value is -0.740. The maximum Gasteiger partial charge on any atom is 0.0636 e. The van der Waals surface area contributed by atoms with Gasteiger partial charge in [0.1, 0.15) is 0 Å². The number of nitrogens with two attached hydrogens (primary N) is 1. The number of rotatable bonds is 2. The molecule has 0 aliphatic carbocycles. The Labute approximate surface area is 118 Å². The summed E-state index contributed by atoms with van der Waals surface area (Å²) in [6, 6.07) is 5.21. The highest BCUT2D eigenvalue weighted by Crippen LogP contribution is 2.30. The number of hydrogen-bond acceptors (Lipinski definition) is 3. The van der Waals surface area contributed by atoms with Gasteiger partial charge in [-0.3, -0.25) is 0 Å². The number of hydrazine groups is 1. The molecule has 1 aromatic rings. The minimum absolute atomic E-state index is 0.568. The van der Waals surface area contributed by atoms with Crippen molar-refractivity contribution in [1.82, 2.24) is 5.01 Å². The standard InChI is InChI=1S/C14H22BrN3/c1-9-7-14(12(15)8-13(9)16)17-18-10(2)5-4-6-11(18)3/h7-8,10-11,17H,4-6,16H2,1-3H3. The molecule has 18 heavy (non-hydrogen) atoms. The highest BCUT2D eigenvalue weighted by Gasteiger charge is 2.25. The predicted octanol–water partition coefficient (Wildman–Crippen LogP) is 3.93. The van der Waals surface area contributed by atoms with Crippen molar-refractivity contribution in [3.05, 3.63) is 22.2 Å². The average molecular weight is 312 g/mol. The Balaban J connectivity index is 2.20. The fraction of sp³-hybridized carbons (Fsp3) is 0.571. The van der Waals surface area contributed by atoms with Gasteiger partial charge in [0.25, 0.3) is 0 Å². The minimum atomic E-state index is 0.568. The van der Waals surface area contributed by atoms with E-state index in [1.807, 2.05) is 13.0 Å². The minimum Gasteiger partial charge on any atom is -0.398 e. The second-order valence-corrected chi connectivity index (χ2v) is 6.19. The van der Waals surface area contributed by atoms with E-state index in [0.29, 0.717) is 12.1 Å². The molecule has 0 aromatic heterocycles. The number of aryl methyl sites for hydroxylation is 1. The van der Waals surface area contributed by atoms with Crippen LogP contribution in [0.25, 0.3) is 0 Å². The Morgan fingerprint density at radius 2 is 1.89 bits per heavy atom. The second kappa shape index (κ2) is 5.49. The predicted molar refractivity (Wildman–Crippen MR) is 81.5 cm³/mol. The number of hydrogen-bond donors (Lipinski definition) is 2. The van der Waals surface area contributed by atoms with E-state index < -0.39 is 0 Å². The molecule has 2 rings (SSSR count). The molecule has 1 aromatic carbocycles. The number of nitrogen functional groups attached to an aromatic ring is 1. The van der Waals surface area contributed by atoms with E-state index >= 15 is 0 Å². The normalized spacial score (nSPS) is 25.1. The zero-order valence-electron chi connectivity index (χ0n) is 11.3. The van der Waals surface area contributed by atoms with Gasteiger partial charge in [-0.1, -0.05) is 6.42 Å². The van der Waals surface area contributed by atoms with Gasteiger partial charge in [-0.05, 0) is 67.2 Å². The van der Waals surface area contributed by atoms with Gasteiger partial charge in [0.15, 0.2) is 0 Å². The number of anilines is 2. The average Bonchev–Trinajstić information content (AvgIpc) is 2.30. The molecule has 0 radical (unpaired) electrons. The fourth-order valence-electron chi connectivity index (χ4n) is 2.56. The van der Waals surface area contributed by atoms with Crippen molar-refractivity contribution in [2.24, 2.45) is 0 Å². The van der Waals surface area contributed by atoms with Crippen molar-refractivity contribution in [3.8, 4) is 0 Å². The Morgan fingerprint density at radius 3 is 2.50 bits per heavy atom. The van der Waals surface area contributed by atoms with Crippen LogP contribution < -0.4 is 11.2 Å². The first-order valence-corrected chi connectivity index (χ1v) is 7.39. The summed E-state index contributed by atoms with van der Waals surface area (Å²) in [5.41, 5.74) is 12.5. The molecule has 2 atom stereocenters. The lowest BCUT2D eigenvalue weighted by atomic mass is 10.00. The monoisotopic (exact) mass is 311 g/mol. The maximum absolute atomic E-state index is 5.91. The lowest BCUT2D eigenvalue weighted by molar-refractivity contribution is 0.135. The van der Waals surface area contributed by atoms with Crippen LogP contribution >= 0.6 is 15.9 Å². The van der Waals surface area contributed by atoms with Crippen LogP contribution in [0.15, 0.2) is 16.6 Å². The van der Waals surface area contributed by atoms with Gasteiger partial charge in [0.2, 0.25) is 0 Å². The molecule has 3 nitrogen and oxygen atoms in total. The van der Waals surface area contributed by atoms with Gasteiger partial charge in [-0.25, -0.2) is 5.01 Å². The smallest absolute Gasteiger partial charge is 0.0636 e. The number of benzene rings is 1. The largest absolute Gasteiger partial charge is 0.398 e. The molecule has 1 aliphatic heterocycles. The molecule has 4 heteroatoms. The van der Waals surface area contributed by atoms with Crippen LogP contribution in [-0.4, -0.2) is 17.1 Å². The topological polar surface area (TPSA) is 41.3 Å². The van der Waals surface area contributed by atoms with Crippen LogP contribution in [0.1, 0.15) is 38.7 Å². The van der Waals surface area contributed by atoms with E-state index in [0.717, 1.165) is 21.4 Å². The van der Waals surface area contributed by atoms with Crippen molar-refractivity contribution >= 4 is 27.3 Å². The molecule has 0 spiro atoms. The van der Waals surface area contributed by atoms with E-state index in [1.54, 1.807) is 0 Å². The summed E-state index contributed by atoms with van der Waals surface area (Å²) in [5, 5.41) is 2.36. The van der Waals surface area contributed by atoms with E-state index in [1.165, 1.54) is 19.3 Å². The zero-order chi connectivity index (χ0) is 13.3. The quantitative estimate of drug-likeness (QED) is 0.813. The van der Waals surface area contributed by atoms with Crippen molar-refractivity contribution < 1.29 is 0 Å². The lowest BCUT2D eigenvalue weighted by Gasteiger charge is -2.39. The van der Waals surface area contributed by atoms with Crippen LogP contribution in [0.4, 0.5) is 11.4 Å². The first-order valence-electron chi connectivity index (χ1n) is 6.59. The third-order valence-corrected chi connectivity index (χ3v) is 4.45. The van der Waals surface area contributed by atoms with E-state index in [-0.39, 0.29) is 0 Å². The van der Waals surface area contributed by atoms with Crippen LogP contribution in [-0.2, 0) is 0 Å². The molecule has 100 valence electrons. The summed E-state index contributed by atoms with van der Waals surface area (Å²) in [7, 11) is 0. The van der Waals surface area contributed by atoms with Crippen molar-refractivity contribution in [2.75, 3.05) is 11.2 Å². The molecule has 1 heterocycles. The molecule has 2 unspecified atom stereocenters. The SMILES string of the molecule is Cc1cc(NN2C(C)CCCC2C)c(Br)cc1N. The van der Waals surface area contributed by atoms with E-state index in [9.17, 15) is 0 Å². The van der Waals surface area contributed by atoms with Crippen molar-refractivity contribution in [1.29, 1.82) is 0 Å². The zero-order valence-corrected chi connectivity index (χ0v) is 12.9. The molecule has 3 N–H and O–H groups in total. The summed E-state index contributed by atoms with van der Waals surface area (Å²) >= 11 is 3.58. The van der Waals surface area contributed by atoms with Gasteiger partial charge < -0.3 is 11.2 Å². The molecule has 1 aliphatic rings. The molecule has 0 saturated carbocycles. The van der Waals surface area contributed by atoms with Gasteiger partial charge in [-0.15, -0.1) is 0 Å². The van der Waals surface area contributed by atoms with E-state index in [2.05, 4.69) is 46.3 Å². The summed E-state index contributed by atoms with van der Waals surface area (Å²) < 4.78 is 1.02.